The van der Waals surface area contributed by atoms with Crippen molar-refractivity contribution in [3.8, 4) is 11.5 Å². The van der Waals surface area contributed by atoms with E-state index in [1.807, 2.05) is 51.1 Å². The van der Waals surface area contributed by atoms with Crippen molar-refractivity contribution in [2.45, 2.75) is 46.2 Å². The maximum atomic E-state index is 12.9. The highest BCUT2D eigenvalue weighted by atomic mass is 16.5. The molecular weight excluding hydrogens is 424 g/mol. The van der Waals surface area contributed by atoms with E-state index >= 15 is 0 Å². The lowest BCUT2D eigenvalue weighted by molar-refractivity contribution is 0.0940. The Morgan fingerprint density at radius 2 is 1.71 bits per heavy atom. The van der Waals surface area contributed by atoms with Crippen molar-refractivity contribution in [1.82, 2.24) is 5.32 Å². The number of hydrogen-bond acceptors (Lipinski definition) is 4. The Morgan fingerprint density at radius 3 is 2.47 bits per heavy atom. The van der Waals surface area contributed by atoms with Crippen LogP contribution in [0, 0.1) is 0 Å². The van der Waals surface area contributed by atoms with E-state index < -0.39 is 0 Å². The van der Waals surface area contributed by atoms with Gasteiger partial charge in [0.05, 0.1) is 19.3 Å². The highest BCUT2D eigenvalue weighted by molar-refractivity contribution is 5.94. The largest absolute Gasteiger partial charge is 0.490 e. The quantitative estimate of drug-likeness (QED) is 0.432. The predicted octanol–water partition coefficient (Wildman–Crippen LogP) is 5.93. The van der Waals surface area contributed by atoms with Crippen LogP contribution in [-0.2, 0) is 13.0 Å². The van der Waals surface area contributed by atoms with Gasteiger partial charge in [-0.2, -0.15) is 0 Å². The standard InChI is InChI=1S/C29H34N2O3/c1-4-33-27-17-16-25(19-28(27)34-5-2)21(3)30-29(32)24-14-12-22(13-15-24)20-31-18-8-10-23-9-6-7-11-26(23)31/h6-7,9,11-17,19,21H,4-5,8,10,18,20H2,1-3H3,(H,30,32)/t21-/m1/s1. The molecule has 0 saturated carbocycles. The first-order chi connectivity index (χ1) is 16.6. The van der Waals surface area contributed by atoms with E-state index in [0.29, 0.717) is 24.5 Å². The van der Waals surface area contributed by atoms with Gasteiger partial charge in [-0.3, -0.25) is 4.79 Å². The number of aryl methyl sites for hydroxylation is 1. The minimum absolute atomic E-state index is 0.0887. The highest BCUT2D eigenvalue weighted by Crippen LogP contribution is 2.31. The fourth-order valence-electron chi connectivity index (χ4n) is 4.46. The number of rotatable bonds is 9. The number of carbonyl (C=O) groups excluding carboxylic acids is 1. The van der Waals surface area contributed by atoms with Crippen LogP contribution < -0.4 is 19.7 Å². The summed E-state index contributed by atoms with van der Waals surface area (Å²) >= 11 is 0. The first kappa shape index (κ1) is 23.7. The number of nitrogens with one attached hydrogen (secondary N) is 1. The van der Waals surface area contributed by atoms with E-state index in [-0.39, 0.29) is 11.9 Å². The fourth-order valence-corrected chi connectivity index (χ4v) is 4.46. The van der Waals surface area contributed by atoms with Crippen LogP contribution in [0.15, 0.2) is 66.7 Å². The van der Waals surface area contributed by atoms with E-state index in [9.17, 15) is 4.79 Å². The fraction of sp³-hybridized carbons (Fsp3) is 0.345. The lowest BCUT2D eigenvalue weighted by Crippen LogP contribution is -2.29. The number of anilines is 1. The number of ether oxygens (including phenoxy) is 2. The zero-order chi connectivity index (χ0) is 23.9. The molecule has 1 aliphatic rings. The van der Waals surface area contributed by atoms with E-state index in [1.54, 1.807) is 0 Å². The summed E-state index contributed by atoms with van der Waals surface area (Å²) in [4.78, 5) is 15.3. The Balaban J connectivity index is 1.40. The molecule has 34 heavy (non-hydrogen) atoms. The number of para-hydroxylation sites is 1. The molecular formula is C29H34N2O3. The lowest BCUT2D eigenvalue weighted by Gasteiger charge is -2.31. The van der Waals surface area contributed by atoms with Gasteiger partial charge in [-0.1, -0.05) is 36.4 Å². The number of carbonyl (C=O) groups is 1. The molecule has 1 heterocycles. The third-order valence-corrected chi connectivity index (χ3v) is 6.21. The first-order valence-electron chi connectivity index (χ1n) is 12.2. The van der Waals surface area contributed by atoms with Crippen molar-refractivity contribution in [2.75, 3.05) is 24.7 Å². The molecule has 3 aromatic carbocycles. The maximum Gasteiger partial charge on any atom is 0.251 e. The monoisotopic (exact) mass is 458 g/mol. The smallest absolute Gasteiger partial charge is 0.251 e. The highest BCUT2D eigenvalue weighted by Gasteiger charge is 2.17. The lowest BCUT2D eigenvalue weighted by atomic mass is 10.0. The van der Waals surface area contributed by atoms with Crippen molar-refractivity contribution in [2.24, 2.45) is 0 Å². The summed E-state index contributed by atoms with van der Waals surface area (Å²) in [6.45, 7) is 8.91. The molecule has 5 heteroatoms. The molecule has 178 valence electrons. The maximum absolute atomic E-state index is 12.9. The van der Waals surface area contributed by atoms with Gasteiger partial charge in [-0.25, -0.2) is 0 Å². The summed E-state index contributed by atoms with van der Waals surface area (Å²) in [5.74, 6) is 1.33. The summed E-state index contributed by atoms with van der Waals surface area (Å²) < 4.78 is 11.4. The zero-order valence-electron chi connectivity index (χ0n) is 20.3. The summed E-state index contributed by atoms with van der Waals surface area (Å²) in [7, 11) is 0. The number of fused-ring (bicyclic) bond motifs is 1. The first-order valence-corrected chi connectivity index (χ1v) is 12.2. The van der Waals surface area contributed by atoms with E-state index in [2.05, 4.69) is 46.6 Å². The molecule has 0 aromatic heterocycles. The van der Waals surface area contributed by atoms with Gasteiger partial charge in [0.1, 0.15) is 0 Å². The zero-order valence-corrected chi connectivity index (χ0v) is 20.3. The van der Waals surface area contributed by atoms with Crippen LogP contribution in [0.25, 0.3) is 0 Å². The Morgan fingerprint density at radius 1 is 0.971 bits per heavy atom. The molecule has 0 unspecified atom stereocenters. The third kappa shape index (κ3) is 5.53. The van der Waals surface area contributed by atoms with E-state index in [4.69, 9.17) is 9.47 Å². The van der Waals surface area contributed by atoms with Gasteiger partial charge in [0.25, 0.3) is 5.91 Å². The SMILES string of the molecule is CCOc1ccc([C@@H](C)NC(=O)c2ccc(CN3CCCc4ccccc43)cc2)cc1OCC. The Hall–Kier alpha value is -3.47. The molecule has 3 aromatic rings. The number of nitrogens with zero attached hydrogens (tertiary/aromatic N) is 1. The van der Waals surface area contributed by atoms with Crippen LogP contribution in [0.2, 0.25) is 0 Å². The van der Waals surface area contributed by atoms with Gasteiger partial charge in [0.2, 0.25) is 0 Å². The molecule has 1 atom stereocenters. The summed E-state index contributed by atoms with van der Waals surface area (Å²) in [6, 6.07) is 22.2. The molecule has 0 spiro atoms. The van der Waals surface area contributed by atoms with Crippen LogP contribution in [0.3, 0.4) is 0 Å². The molecule has 5 nitrogen and oxygen atoms in total. The van der Waals surface area contributed by atoms with Gasteiger partial charge < -0.3 is 19.7 Å². The van der Waals surface area contributed by atoms with Crippen molar-refractivity contribution in [1.29, 1.82) is 0 Å². The third-order valence-electron chi connectivity index (χ3n) is 6.21. The topological polar surface area (TPSA) is 50.8 Å². The van der Waals surface area contributed by atoms with Crippen LogP contribution in [-0.4, -0.2) is 25.7 Å². The molecule has 0 radical (unpaired) electrons. The Kier molecular flexibility index (Phi) is 7.73. The van der Waals surface area contributed by atoms with Crippen molar-refractivity contribution < 1.29 is 14.3 Å². The van der Waals surface area contributed by atoms with Gasteiger partial charge in [0, 0.05) is 24.3 Å². The van der Waals surface area contributed by atoms with Gasteiger partial charge >= 0.3 is 0 Å². The van der Waals surface area contributed by atoms with Gasteiger partial charge in [-0.05, 0) is 80.6 Å². The molecule has 0 fully saturated rings. The molecule has 0 saturated heterocycles. The molecule has 1 aliphatic heterocycles. The second-order valence-electron chi connectivity index (χ2n) is 8.62. The average Bonchev–Trinajstić information content (AvgIpc) is 2.86. The summed E-state index contributed by atoms with van der Waals surface area (Å²) in [5.41, 5.74) is 5.58. The molecule has 0 aliphatic carbocycles. The minimum Gasteiger partial charge on any atom is -0.490 e. The van der Waals surface area contributed by atoms with E-state index in [0.717, 1.165) is 30.8 Å². The van der Waals surface area contributed by atoms with Gasteiger partial charge in [0.15, 0.2) is 11.5 Å². The molecule has 1 amide bonds. The van der Waals surface area contributed by atoms with Crippen LogP contribution in [0.4, 0.5) is 5.69 Å². The molecule has 1 N–H and O–H groups in total. The van der Waals surface area contributed by atoms with Crippen LogP contribution >= 0.6 is 0 Å². The molecule has 4 rings (SSSR count). The van der Waals surface area contributed by atoms with Crippen LogP contribution in [0.1, 0.15) is 60.3 Å². The predicted molar refractivity (Wildman–Crippen MR) is 137 cm³/mol. The Bertz CT molecular complexity index is 1110. The molecule has 0 bridgehead atoms. The van der Waals surface area contributed by atoms with Crippen molar-refractivity contribution >= 4 is 11.6 Å². The number of benzene rings is 3. The Labute approximate surface area is 202 Å². The van der Waals surface area contributed by atoms with Crippen LogP contribution in [0.5, 0.6) is 11.5 Å². The average molecular weight is 459 g/mol. The van der Waals surface area contributed by atoms with E-state index in [1.165, 1.54) is 23.2 Å². The number of amides is 1. The normalized spacial score (nSPS) is 13.7. The van der Waals surface area contributed by atoms with Crippen molar-refractivity contribution in [3.63, 3.8) is 0 Å². The number of hydrogen-bond donors (Lipinski definition) is 1. The summed E-state index contributed by atoms with van der Waals surface area (Å²) in [6.07, 6.45) is 2.32. The second-order valence-corrected chi connectivity index (χ2v) is 8.62. The summed E-state index contributed by atoms with van der Waals surface area (Å²) in [5, 5.41) is 3.10. The second kappa shape index (κ2) is 11.1. The van der Waals surface area contributed by atoms with Gasteiger partial charge in [-0.15, -0.1) is 0 Å². The van der Waals surface area contributed by atoms with Crippen molar-refractivity contribution in [3.05, 3.63) is 89.0 Å². The minimum atomic E-state index is -0.160.